The van der Waals surface area contributed by atoms with Crippen molar-refractivity contribution in [2.75, 3.05) is 0 Å². The van der Waals surface area contributed by atoms with Gasteiger partial charge in [0.05, 0.1) is 33.1 Å². The van der Waals surface area contributed by atoms with Gasteiger partial charge in [0.15, 0.2) is 5.58 Å². The summed E-state index contributed by atoms with van der Waals surface area (Å²) >= 11 is 0. The fraction of sp³-hybridized carbons (Fsp3) is 0. The third-order valence-corrected chi connectivity index (χ3v) is 12.3. The van der Waals surface area contributed by atoms with E-state index in [1.54, 1.807) is 0 Å². The van der Waals surface area contributed by atoms with Gasteiger partial charge < -0.3 is 18.1 Å². The Morgan fingerprint density at radius 1 is 0.317 bits per heavy atom. The minimum absolute atomic E-state index is 0.626. The van der Waals surface area contributed by atoms with Gasteiger partial charge in [0.25, 0.3) is 0 Å². The van der Waals surface area contributed by atoms with Crippen molar-refractivity contribution < 1.29 is 4.42 Å². The Morgan fingerprint density at radius 2 is 0.767 bits per heavy atom. The molecule has 5 heteroatoms. The molecule has 13 aromatic rings. The SMILES string of the molecule is c1ccc(-n2c3ccccc3c3c4c5cc(-c6ccc7c(c6)c6ccccc6n7-c6ccc(-c7nc8ccccc8o7)cc6)ccc5n(-c5ccccc5)c4ccc32)cc1. The number of benzene rings is 9. The number of hydrogen-bond donors (Lipinski definition) is 0. The fourth-order valence-corrected chi connectivity index (χ4v) is 9.64. The molecule has 60 heavy (non-hydrogen) atoms. The molecule has 0 aliphatic carbocycles. The number of nitrogens with zero attached hydrogens (tertiary/aromatic N) is 4. The molecule has 0 atom stereocenters. The highest BCUT2D eigenvalue weighted by molar-refractivity contribution is 6.29. The lowest BCUT2D eigenvalue weighted by Crippen LogP contribution is -1.94. The Labute approximate surface area is 344 Å². The lowest BCUT2D eigenvalue weighted by molar-refractivity contribution is 0.620. The zero-order chi connectivity index (χ0) is 39.3. The van der Waals surface area contributed by atoms with Crippen LogP contribution < -0.4 is 0 Å². The molecule has 0 radical (unpaired) electrons. The topological polar surface area (TPSA) is 40.8 Å². The van der Waals surface area contributed by atoms with E-state index in [0.29, 0.717) is 5.89 Å². The van der Waals surface area contributed by atoms with E-state index in [0.717, 1.165) is 44.8 Å². The lowest BCUT2D eigenvalue weighted by atomic mass is 9.99. The van der Waals surface area contributed by atoms with Crippen LogP contribution in [-0.2, 0) is 0 Å². The van der Waals surface area contributed by atoms with Crippen LogP contribution >= 0.6 is 0 Å². The molecule has 0 fully saturated rings. The maximum Gasteiger partial charge on any atom is 0.227 e. The molecule has 9 aromatic carbocycles. The molecule has 0 unspecified atom stereocenters. The summed E-state index contributed by atoms with van der Waals surface area (Å²) in [6.45, 7) is 0. The zero-order valence-electron chi connectivity index (χ0n) is 32.3. The first kappa shape index (κ1) is 32.9. The van der Waals surface area contributed by atoms with E-state index in [1.807, 2.05) is 24.3 Å². The van der Waals surface area contributed by atoms with Crippen molar-refractivity contribution in [1.82, 2.24) is 18.7 Å². The molecule has 5 nitrogen and oxygen atoms in total. The van der Waals surface area contributed by atoms with Gasteiger partial charge in [-0.2, -0.15) is 0 Å². The number of hydrogen-bond acceptors (Lipinski definition) is 2. The minimum atomic E-state index is 0.626. The molecule has 0 aliphatic heterocycles. The summed E-state index contributed by atoms with van der Waals surface area (Å²) in [4.78, 5) is 4.73. The van der Waals surface area contributed by atoms with E-state index >= 15 is 0 Å². The highest BCUT2D eigenvalue weighted by atomic mass is 16.3. The molecule has 4 aromatic heterocycles. The summed E-state index contributed by atoms with van der Waals surface area (Å²) in [5, 5.41) is 7.44. The first-order valence-electron chi connectivity index (χ1n) is 20.4. The maximum atomic E-state index is 6.09. The second kappa shape index (κ2) is 12.7. The van der Waals surface area contributed by atoms with Crippen LogP contribution in [0.4, 0.5) is 0 Å². The van der Waals surface area contributed by atoms with Crippen LogP contribution in [0.1, 0.15) is 0 Å². The van der Waals surface area contributed by atoms with Gasteiger partial charge in [-0.05, 0) is 120 Å². The normalized spacial score (nSPS) is 12.0. The third kappa shape index (κ3) is 4.77. The van der Waals surface area contributed by atoms with E-state index in [9.17, 15) is 0 Å². The van der Waals surface area contributed by atoms with Gasteiger partial charge in [0, 0.05) is 54.9 Å². The second-order valence-electron chi connectivity index (χ2n) is 15.6. The van der Waals surface area contributed by atoms with Crippen molar-refractivity contribution in [3.05, 3.63) is 206 Å². The first-order valence-corrected chi connectivity index (χ1v) is 20.4. The van der Waals surface area contributed by atoms with Gasteiger partial charge in [-0.3, -0.25) is 0 Å². The van der Waals surface area contributed by atoms with Gasteiger partial charge in [-0.15, -0.1) is 0 Å². The Morgan fingerprint density at radius 3 is 1.43 bits per heavy atom. The Kier molecular flexibility index (Phi) is 6.95. The Hall–Kier alpha value is -8.15. The Balaban J connectivity index is 1.01. The molecule has 0 saturated carbocycles. The quantitative estimate of drug-likeness (QED) is 0.175. The minimum Gasteiger partial charge on any atom is -0.436 e. The molecule has 280 valence electrons. The fourth-order valence-electron chi connectivity index (χ4n) is 9.64. The summed E-state index contributed by atoms with van der Waals surface area (Å²) in [6.07, 6.45) is 0. The summed E-state index contributed by atoms with van der Waals surface area (Å²) in [7, 11) is 0. The maximum absolute atomic E-state index is 6.09. The van der Waals surface area contributed by atoms with Crippen LogP contribution in [0.5, 0.6) is 0 Å². The lowest BCUT2D eigenvalue weighted by Gasteiger charge is -2.10. The Bertz CT molecular complexity index is 3780. The van der Waals surface area contributed by atoms with Crippen molar-refractivity contribution in [2.45, 2.75) is 0 Å². The number of rotatable bonds is 5. The van der Waals surface area contributed by atoms with E-state index in [1.165, 1.54) is 65.5 Å². The van der Waals surface area contributed by atoms with Crippen LogP contribution in [-0.4, -0.2) is 18.7 Å². The van der Waals surface area contributed by atoms with Gasteiger partial charge in [-0.25, -0.2) is 4.98 Å². The van der Waals surface area contributed by atoms with Crippen molar-refractivity contribution in [3.8, 4) is 39.6 Å². The van der Waals surface area contributed by atoms with Gasteiger partial charge in [0.1, 0.15) is 5.52 Å². The molecule has 13 rings (SSSR count). The molecule has 0 spiro atoms. The molecule has 4 heterocycles. The summed E-state index contributed by atoms with van der Waals surface area (Å²) in [5.41, 5.74) is 15.4. The molecule has 0 amide bonds. The van der Waals surface area contributed by atoms with Crippen molar-refractivity contribution in [3.63, 3.8) is 0 Å². The van der Waals surface area contributed by atoms with Crippen molar-refractivity contribution >= 4 is 76.5 Å². The van der Waals surface area contributed by atoms with Gasteiger partial charge in [-0.1, -0.05) is 97.1 Å². The molecule has 0 N–H and O–H groups in total. The molecular formula is C55H34N4O. The smallest absolute Gasteiger partial charge is 0.227 e. The van der Waals surface area contributed by atoms with Crippen LogP contribution in [0.3, 0.4) is 0 Å². The largest absolute Gasteiger partial charge is 0.436 e. The number of aromatic nitrogens is 4. The number of para-hydroxylation sites is 6. The summed E-state index contributed by atoms with van der Waals surface area (Å²) in [5.74, 6) is 0.626. The number of fused-ring (bicyclic) bond motifs is 11. The summed E-state index contributed by atoms with van der Waals surface area (Å²) < 4.78 is 13.3. The standard InChI is InChI=1S/C55H34N4O/c1-3-13-38(14-4-1)58-47-21-11-8-18-42(47)53-50(58)31-32-51-54(53)44-34-37(26-30-49(44)59(51)39-15-5-2-6-16-39)36-25-29-48-43(33-36)41-17-7-10-20-46(41)57(48)40-27-23-35(24-28-40)55-56-45-19-9-12-22-52(45)60-55/h1-34H. The van der Waals surface area contributed by atoms with Crippen molar-refractivity contribution in [2.24, 2.45) is 0 Å². The van der Waals surface area contributed by atoms with E-state index < -0.39 is 0 Å². The average molecular weight is 767 g/mol. The molecule has 0 aliphatic rings. The highest BCUT2D eigenvalue weighted by Gasteiger charge is 2.22. The predicted molar refractivity (Wildman–Crippen MR) is 248 cm³/mol. The van der Waals surface area contributed by atoms with Crippen LogP contribution in [0.2, 0.25) is 0 Å². The highest BCUT2D eigenvalue weighted by Crippen LogP contribution is 2.44. The molecule has 0 saturated heterocycles. The van der Waals surface area contributed by atoms with E-state index in [-0.39, 0.29) is 0 Å². The van der Waals surface area contributed by atoms with Crippen LogP contribution in [0.15, 0.2) is 211 Å². The van der Waals surface area contributed by atoms with Crippen LogP contribution in [0, 0.1) is 0 Å². The van der Waals surface area contributed by atoms with E-state index in [2.05, 4.69) is 196 Å². The monoisotopic (exact) mass is 766 g/mol. The molecule has 0 bridgehead atoms. The number of oxazole rings is 1. The van der Waals surface area contributed by atoms with Crippen molar-refractivity contribution in [1.29, 1.82) is 0 Å². The average Bonchev–Trinajstić information content (AvgIpc) is 4.07. The molecular weight excluding hydrogens is 733 g/mol. The van der Waals surface area contributed by atoms with Gasteiger partial charge in [0.2, 0.25) is 5.89 Å². The third-order valence-electron chi connectivity index (χ3n) is 12.3. The predicted octanol–water partition coefficient (Wildman–Crippen LogP) is 14.5. The summed E-state index contributed by atoms with van der Waals surface area (Å²) in [6, 6.07) is 74.0. The second-order valence-corrected chi connectivity index (χ2v) is 15.6. The zero-order valence-corrected chi connectivity index (χ0v) is 32.3. The van der Waals surface area contributed by atoms with Crippen LogP contribution in [0.25, 0.3) is 116 Å². The first-order chi connectivity index (χ1) is 29.8. The van der Waals surface area contributed by atoms with Gasteiger partial charge >= 0.3 is 0 Å². The van der Waals surface area contributed by atoms with E-state index in [4.69, 9.17) is 9.40 Å².